The van der Waals surface area contributed by atoms with Gasteiger partial charge in [-0.1, -0.05) is 0 Å². The number of aryl methyl sites for hydroxylation is 1. The first kappa shape index (κ1) is 15.6. The number of hydrogen-bond donors (Lipinski definition) is 2. The smallest absolute Gasteiger partial charge is 0.245 e. The zero-order valence-electron chi connectivity index (χ0n) is 12.6. The molecule has 0 saturated heterocycles. The summed E-state index contributed by atoms with van der Waals surface area (Å²) in [5.74, 6) is 0.273. The van der Waals surface area contributed by atoms with Gasteiger partial charge in [0.1, 0.15) is 0 Å². The number of nitrogens with one attached hydrogen (secondary N) is 1. The lowest BCUT2D eigenvalue weighted by molar-refractivity contribution is -0.120. The quantitative estimate of drug-likeness (QED) is 0.631. The normalized spacial score (nSPS) is 10.8. The van der Waals surface area contributed by atoms with E-state index in [1.54, 1.807) is 12.1 Å². The molecule has 2 aromatic rings. The van der Waals surface area contributed by atoms with E-state index in [9.17, 15) is 9.90 Å². The third-order valence-electron chi connectivity index (χ3n) is 3.08. The molecule has 1 aromatic heterocycles. The van der Waals surface area contributed by atoms with Crippen LogP contribution in [0.4, 0.5) is 0 Å². The van der Waals surface area contributed by atoms with E-state index >= 15 is 0 Å². The minimum absolute atomic E-state index is 0.0757. The first-order chi connectivity index (χ1) is 10.6. The largest absolute Gasteiger partial charge is 0.504 e. The van der Waals surface area contributed by atoms with Crippen molar-refractivity contribution in [2.24, 2.45) is 12.1 Å². The molecule has 0 bridgehead atoms. The Bertz CT molecular complexity index is 677. The van der Waals surface area contributed by atoms with Crippen LogP contribution < -0.4 is 10.2 Å². The average molecular weight is 301 g/mol. The summed E-state index contributed by atoms with van der Waals surface area (Å²) in [4.78, 5) is 11.8. The van der Waals surface area contributed by atoms with E-state index in [0.717, 1.165) is 11.3 Å². The number of rotatable bonds is 6. The number of aromatic nitrogens is 1. The fourth-order valence-electron chi connectivity index (χ4n) is 1.95. The van der Waals surface area contributed by atoms with Gasteiger partial charge in [-0.15, -0.1) is 0 Å². The van der Waals surface area contributed by atoms with Gasteiger partial charge in [-0.05, 0) is 42.8 Å². The summed E-state index contributed by atoms with van der Waals surface area (Å²) in [7, 11) is 1.89. The highest BCUT2D eigenvalue weighted by molar-refractivity contribution is 5.83. The lowest BCUT2D eigenvalue weighted by atomic mass is 10.2. The molecule has 116 valence electrons. The van der Waals surface area contributed by atoms with Gasteiger partial charge >= 0.3 is 0 Å². The third kappa shape index (κ3) is 4.12. The Labute approximate surface area is 129 Å². The summed E-state index contributed by atoms with van der Waals surface area (Å²) >= 11 is 0. The lowest BCUT2D eigenvalue weighted by Crippen LogP contribution is -2.20. The Hall–Kier alpha value is -2.76. The maximum atomic E-state index is 11.8. The Balaban J connectivity index is 1.93. The number of hydrogen-bond acceptors (Lipinski definition) is 4. The lowest BCUT2D eigenvalue weighted by Gasteiger charge is -2.06. The minimum atomic E-state index is -0.193. The van der Waals surface area contributed by atoms with Crippen LogP contribution in [-0.4, -0.2) is 28.4 Å². The molecule has 0 spiro atoms. The summed E-state index contributed by atoms with van der Waals surface area (Å²) in [6.07, 6.45) is 3.66. The average Bonchev–Trinajstić information content (AvgIpc) is 2.88. The Morgan fingerprint density at radius 3 is 2.95 bits per heavy atom. The SMILES string of the molecule is CCOc1cc(C=NNC(=O)Cc2cccn2C)ccc1O. The Morgan fingerprint density at radius 2 is 2.27 bits per heavy atom. The van der Waals surface area contributed by atoms with E-state index in [1.165, 1.54) is 12.3 Å². The Kier molecular flexibility index (Phi) is 5.19. The highest BCUT2D eigenvalue weighted by atomic mass is 16.5. The first-order valence-corrected chi connectivity index (χ1v) is 6.98. The molecule has 1 heterocycles. The molecule has 0 fully saturated rings. The first-order valence-electron chi connectivity index (χ1n) is 6.98. The van der Waals surface area contributed by atoms with Crippen LogP contribution in [0.5, 0.6) is 11.5 Å². The van der Waals surface area contributed by atoms with Gasteiger partial charge < -0.3 is 14.4 Å². The molecule has 2 N–H and O–H groups in total. The van der Waals surface area contributed by atoms with E-state index in [-0.39, 0.29) is 18.1 Å². The van der Waals surface area contributed by atoms with Crippen LogP contribution >= 0.6 is 0 Å². The molecule has 0 aliphatic heterocycles. The van der Waals surface area contributed by atoms with Gasteiger partial charge in [0.05, 0.1) is 19.2 Å². The number of hydrazone groups is 1. The van der Waals surface area contributed by atoms with Crippen molar-refractivity contribution < 1.29 is 14.6 Å². The van der Waals surface area contributed by atoms with Gasteiger partial charge in [0.25, 0.3) is 0 Å². The van der Waals surface area contributed by atoms with Crippen LogP contribution in [0.1, 0.15) is 18.2 Å². The molecule has 2 rings (SSSR count). The van der Waals surface area contributed by atoms with Crippen LogP contribution in [0.3, 0.4) is 0 Å². The molecule has 6 heteroatoms. The van der Waals surface area contributed by atoms with Gasteiger partial charge in [-0.25, -0.2) is 5.43 Å². The van der Waals surface area contributed by atoms with Crippen molar-refractivity contribution in [3.8, 4) is 11.5 Å². The molecule has 0 aliphatic rings. The second kappa shape index (κ2) is 7.31. The van der Waals surface area contributed by atoms with Crippen LogP contribution in [0, 0.1) is 0 Å². The van der Waals surface area contributed by atoms with Crippen molar-refractivity contribution in [1.29, 1.82) is 0 Å². The zero-order valence-corrected chi connectivity index (χ0v) is 12.6. The molecule has 22 heavy (non-hydrogen) atoms. The standard InChI is InChI=1S/C16H19N3O3/c1-3-22-15-9-12(6-7-14(15)20)11-17-18-16(21)10-13-5-4-8-19(13)2/h4-9,11,20H,3,10H2,1-2H3,(H,18,21). The van der Waals surface area contributed by atoms with Crippen LogP contribution in [-0.2, 0) is 18.3 Å². The van der Waals surface area contributed by atoms with Crippen molar-refractivity contribution in [3.63, 3.8) is 0 Å². The molecule has 0 unspecified atom stereocenters. The summed E-state index contributed by atoms with van der Waals surface area (Å²) < 4.78 is 7.17. The maximum absolute atomic E-state index is 11.8. The molecule has 1 aromatic carbocycles. The van der Waals surface area contributed by atoms with Crippen molar-refractivity contribution in [2.75, 3.05) is 6.61 Å². The van der Waals surface area contributed by atoms with Crippen LogP contribution in [0.2, 0.25) is 0 Å². The van der Waals surface area contributed by atoms with Crippen LogP contribution in [0.15, 0.2) is 41.6 Å². The van der Waals surface area contributed by atoms with E-state index in [0.29, 0.717) is 12.4 Å². The molecule has 0 saturated carbocycles. The second-order valence-electron chi connectivity index (χ2n) is 4.74. The number of phenols is 1. The van der Waals surface area contributed by atoms with Gasteiger partial charge in [-0.3, -0.25) is 4.79 Å². The van der Waals surface area contributed by atoms with Crippen molar-refractivity contribution in [2.45, 2.75) is 13.3 Å². The van der Waals surface area contributed by atoms with Crippen molar-refractivity contribution >= 4 is 12.1 Å². The fourth-order valence-corrected chi connectivity index (χ4v) is 1.95. The van der Waals surface area contributed by atoms with Crippen LogP contribution in [0.25, 0.3) is 0 Å². The number of carbonyl (C=O) groups excluding carboxylic acids is 1. The monoisotopic (exact) mass is 301 g/mol. The van der Waals surface area contributed by atoms with Gasteiger partial charge in [0.2, 0.25) is 5.91 Å². The summed E-state index contributed by atoms with van der Waals surface area (Å²) in [6.45, 7) is 2.30. The number of amides is 1. The van der Waals surface area contributed by atoms with Crippen molar-refractivity contribution in [1.82, 2.24) is 9.99 Å². The number of benzene rings is 1. The minimum Gasteiger partial charge on any atom is -0.504 e. The van der Waals surface area contributed by atoms with E-state index < -0.39 is 0 Å². The van der Waals surface area contributed by atoms with Gasteiger partial charge in [-0.2, -0.15) is 5.10 Å². The number of ether oxygens (including phenoxy) is 1. The third-order valence-corrected chi connectivity index (χ3v) is 3.08. The molecule has 0 aliphatic carbocycles. The fraction of sp³-hybridized carbons (Fsp3) is 0.250. The Morgan fingerprint density at radius 1 is 1.45 bits per heavy atom. The zero-order chi connectivity index (χ0) is 15.9. The summed E-state index contributed by atoms with van der Waals surface area (Å²) in [6, 6.07) is 8.64. The number of aromatic hydroxyl groups is 1. The van der Waals surface area contributed by atoms with Gasteiger partial charge in [0, 0.05) is 18.9 Å². The summed E-state index contributed by atoms with van der Waals surface area (Å²) in [5, 5.41) is 13.5. The van der Waals surface area contributed by atoms with Crippen molar-refractivity contribution in [3.05, 3.63) is 47.8 Å². The molecule has 1 amide bonds. The highest BCUT2D eigenvalue weighted by Gasteiger charge is 2.05. The molecule has 0 radical (unpaired) electrons. The number of nitrogens with zero attached hydrogens (tertiary/aromatic N) is 2. The number of phenolic OH excluding ortho intramolecular Hbond substituents is 1. The molecule has 6 nitrogen and oxygen atoms in total. The second-order valence-corrected chi connectivity index (χ2v) is 4.74. The topological polar surface area (TPSA) is 75.8 Å². The molecular formula is C16H19N3O3. The molecule has 0 atom stereocenters. The van der Waals surface area contributed by atoms with E-state index in [2.05, 4.69) is 10.5 Å². The summed E-state index contributed by atoms with van der Waals surface area (Å²) in [5.41, 5.74) is 4.11. The van der Waals surface area contributed by atoms with Gasteiger partial charge in [0.15, 0.2) is 11.5 Å². The maximum Gasteiger partial charge on any atom is 0.245 e. The predicted molar refractivity (Wildman–Crippen MR) is 84.1 cm³/mol. The number of carbonyl (C=O) groups is 1. The highest BCUT2D eigenvalue weighted by Crippen LogP contribution is 2.26. The molecular weight excluding hydrogens is 282 g/mol. The van der Waals surface area contributed by atoms with E-state index in [4.69, 9.17) is 4.74 Å². The predicted octanol–water partition coefficient (Wildman–Crippen LogP) is 1.82. The van der Waals surface area contributed by atoms with E-state index in [1.807, 2.05) is 36.9 Å².